The smallest absolute Gasteiger partial charge is 0.187 e. The maximum Gasteiger partial charge on any atom is 0.187 e. The zero-order chi connectivity index (χ0) is 39.0. The number of ether oxygens (including phenoxy) is 9. The van der Waals surface area contributed by atoms with Gasteiger partial charge in [-0.25, -0.2) is 0 Å². The van der Waals surface area contributed by atoms with E-state index in [9.17, 15) is 76.6 Å². The van der Waals surface area contributed by atoms with Crippen molar-refractivity contribution < 1.29 is 119 Å². The van der Waals surface area contributed by atoms with Crippen LogP contribution in [-0.2, 0) is 42.6 Å². The van der Waals surface area contributed by atoms with E-state index in [0.29, 0.717) is 0 Å². The van der Waals surface area contributed by atoms with Crippen molar-refractivity contribution in [3.05, 3.63) is 0 Å². The third kappa shape index (κ3) is 8.81. The van der Waals surface area contributed by atoms with E-state index in [0.717, 1.165) is 0 Å². The van der Waals surface area contributed by atoms with Gasteiger partial charge in [0.2, 0.25) is 0 Å². The Morgan fingerprint density at radius 2 is 0.830 bits per heavy atom. The normalized spacial score (nSPS) is 54.1. The molecule has 0 aliphatic carbocycles. The fourth-order valence-electron chi connectivity index (χ4n) is 6.70. The summed E-state index contributed by atoms with van der Waals surface area (Å²) in [4.78, 5) is 0. The van der Waals surface area contributed by atoms with Crippen LogP contribution in [0.4, 0.5) is 0 Å². The summed E-state index contributed by atoms with van der Waals surface area (Å²) in [5.74, 6) is 0. The molecule has 0 aromatic carbocycles. The summed E-state index contributed by atoms with van der Waals surface area (Å²) in [6.45, 7) is -1.71. The summed E-state index contributed by atoms with van der Waals surface area (Å²) in [7, 11) is 0. The molecule has 5 rings (SSSR count). The van der Waals surface area contributed by atoms with Gasteiger partial charge in [-0.05, 0) is 6.92 Å². The number of hydrogen-bond acceptors (Lipinski definition) is 24. The molecule has 5 aliphatic heterocycles. The topological polar surface area (TPSA) is 387 Å². The number of hydrogen-bond donors (Lipinski definition) is 15. The average Bonchev–Trinajstić information content (AvgIpc) is 3.14. The molecule has 0 unspecified atom stereocenters. The highest BCUT2D eigenvalue weighted by Crippen LogP contribution is 2.34. The standard InChI is InChI=1S/C29H50O24/c1-6-22(14(36)17(39)25(44)46-6)51-26-18(40)12(34)10(5-45-26)50-27-20(42)15(37)23(8(3-31)48-27)53-29-21(43)16(38)24(9(4-32)49-29)52-28-19(41)13(35)11(33)7(2-30)47-28/h6-44H,2-5H2,1H3/t6-,7+,8-,9+,10+,11+,12-,13+,14-,15-,16+,17+,18-,19-,20-,21-,22-,23-,24+,25-,26-,27+,28-,29-/m0/s1. The molecular formula is C29H50O24. The van der Waals surface area contributed by atoms with Crippen molar-refractivity contribution in [2.24, 2.45) is 0 Å². The van der Waals surface area contributed by atoms with Gasteiger partial charge in [-0.15, -0.1) is 0 Å². The molecule has 5 fully saturated rings. The Kier molecular flexibility index (Phi) is 14.7. The Balaban J connectivity index is 1.18. The van der Waals surface area contributed by atoms with Crippen molar-refractivity contribution in [3.8, 4) is 0 Å². The van der Waals surface area contributed by atoms with Crippen molar-refractivity contribution in [2.45, 2.75) is 154 Å². The van der Waals surface area contributed by atoms with Crippen molar-refractivity contribution in [1.29, 1.82) is 0 Å². The van der Waals surface area contributed by atoms with Crippen LogP contribution in [0.2, 0.25) is 0 Å². The Bertz CT molecular complexity index is 1140. The molecule has 0 radical (unpaired) electrons. The molecule has 5 heterocycles. The molecule has 5 aliphatic rings. The first kappa shape index (κ1) is 43.2. The van der Waals surface area contributed by atoms with Crippen LogP contribution in [0.25, 0.3) is 0 Å². The van der Waals surface area contributed by atoms with E-state index in [4.69, 9.17) is 42.6 Å². The van der Waals surface area contributed by atoms with Crippen LogP contribution in [0.3, 0.4) is 0 Å². The summed E-state index contributed by atoms with van der Waals surface area (Å²) in [6, 6.07) is 0. The molecule has 0 aromatic heterocycles. The third-order valence-electron chi connectivity index (χ3n) is 9.90. The van der Waals surface area contributed by atoms with Crippen molar-refractivity contribution in [2.75, 3.05) is 26.4 Å². The maximum absolute atomic E-state index is 11.0. The first-order chi connectivity index (χ1) is 25.0. The van der Waals surface area contributed by atoms with Gasteiger partial charge in [0.05, 0.1) is 32.5 Å². The number of aliphatic hydroxyl groups is 15. The van der Waals surface area contributed by atoms with Crippen LogP contribution < -0.4 is 0 Å². The molecule has 24 nitrogen and oxygen atoms in total. The minimum Gasteiger partial charge on any atom is -0.394 e. The van der Waals surface area contributed by atoms with Gasteiger partial charge in [-0.3, -0.25) is 0 Å². The molecule has 0 aromatic rings. The van der Waals surface area contributed by atoms with Crippen molar-refractivity contribution in [3.63, 3.8) is 0 Å². The minimum absolute atomic E-state index is 0.520. The Hall–Kier alpha value is -0.960. The molecule has 15 N–H and O–H groups in total. The van der Waals surface area contributed by atoms with Gasteiger partial charge in [-0.1, -0.05) is 0 Å². The Morgan fingerprint density at radius 3 is 1.34 bits per heavy atom. The van der Waals surface area contributed by atoms with Gasteiger partial charge >= 0.3 is 0 Å². The molecule has 53 heavy (non-hydrogen) atoms. The lowest BCUT2D eigenvalue weighted by Gasteiger charge is -2.48. The maximum atomic E-state index is 11.0. The highest BCUT2D eigenvalue weighted by molar-refractivity contribution is 4.97. The van der Waals surface area contributed by atoms with Gasteiger partial charge < -0.3 is 119 Å². The van der Waals surface area contributed by atoms with Gasteiger partial charge in [-0.2, -0.15) is 0 Å². The highest BCUT2D eigenvalue weighted by Gasteiger charge is 2.55. The molecule has 0 amide bonds. The van der Waals surface area contributed by atoms with Crippen LogP contribution >= 0.6 is 0 Å². The van der Waals surface area contributed by atoms with E-state index in [2.05, 4.69) is 0 Å². The molecule has 310 valence electrons. The quantitative estimate of drug-likeness (QED) is 0.0925. The van der Waals surface area contributed by atoms with Crippen molar-refractivity contribution >= 4 is 0 Å². The van der Waals surface area contributed by atoms with Crippen LogP contribution in [-0.4, -0.2) is 250 Å². The largest absolute Gasteiger partial charge is 0.394 e. The monoisotopic (exact) mass is 782 g/mol. The summed E-state index contributed by atoms with van der Waals surface area (Å²) < 4.78 is 49.1. The highest BCUT2D eigenvalue weighted by atomic mass is 16.8. The van der Waals surface area contributed by atoms with Crippen LogP contribution in [0.5, 0.6) is 0 Å². The fourth-order valence-corrected chi connectivity index (χ4v) is 6.70. The second kappa shape index (κ2) is 18.1. The molecule has 24 atom stereocenters. The van der Waals surface area contributed by atoms with Gasteiger partial charge in [0.15, 0.2) is 31.5 Å². The minimum atomic E-state index is -2.03. The molecule has 24 heteroatoms. The summed E-state index contributed by atoms with van der Waals surface area (Å²) in [5, 5.41) is 155. The van der Waals surface area contributed by atoms with Crippen LogP contribution in [0.15, 0.2) is 0 Å². The lowest BCUT2D eigenvalue weighted by Crippen LogP contribution is -2.67. The van der Waals surface area contributed by atoms with Gasteiger partial charge in [0.1, 0.15) is 110 Å². The zero-order valence-electron chi connectivity index (χ0n) is 28.1. The SMILES string of the molecule is C[C@@H]1O[C@H](O)[C@H](O)[C@H](O)[C@H]1O[C@@H]1OC[C@@H](O[C@H]2O[C@@H](CO)[C@H](O[C@@H]3O[C@H](CO)[C@@H](O[C@@H]4O[C@H](CO)[C@@H](O)[C@@H](O)[C@@H]4O)[C@H](O)[C@@H]3O)[C@@H](O)[C@@H]2O)[C@H](O)[C@@H]1O. The van der Waals surface area contributed by atoms with E-state index in [1.807, 2.05) is 0 Å². The average molecular weight is 783 g/mol. The Morgan fingerprint density at radius 1 is 0.415 bits per heavy atom. The zero-order valence-corrected chi connectivity index (χ0v) is 28.1. The number of aliphatic hydroxyl groups excluding tert-OH is 15. The fraction of sp³-hybridized carbons (Fsp3) is 1.00. The predicted molar refractivity (Wildman–Crippen MR) is 159 cm³/mol. The Labute approximate surface area is 300 Å². The third-order valence-corrected chi connectivity index (χ3v) is 9.90. The van der Waals surface area contributed by atoms with E-state index in [1.165, 1.54) is 6.92 Å². The second-order valence-electron chi connectivity index (χ2n) is 13.5. The van der Waals surface area contributed by atoms with E-state index in [-0.39, 0.29) is 0 Å². The predicted octanol–water partition coefficient (Wildman–Crippen LogP) is -10.3. The summed E-state index contributed by atoms with van der Waals surface area (Å²) in [6.07, 6.45) is -40.8. The van der Waals surface area contributed by atoms with E-state index < -0.39 is 174 Å². The van der Waals surface area contributed by atoms with Gasteiger partial charge in [0.25, 0.3) is 0 Å². The second-order valence-corrected chi connectivity index (χ2v) is 13.5. The molecule has 0 bridgehead atoms. The molecular weight excluding hydrogens is 732 g/mol. The lowest BCUT2D eigenvalue weighted by atomic mass is 9.96. The van der Waals surface area contributed by atoms with E-state index >= 15 is 0 Å². The van der Waals surface area contributed by atoms with Crippen LogP contribution in [0, 0.1) is 0 Å². The molecule has 0 saturated carbocycles. The molecule has 0 spiro atoms. The summed E-state index contributed by atoms with van der Waals surface area (Å²) >= 11 is 0. The van der Waals surface area contributed by atoms with Crippen molar-refractivity contribution in [1.82, 2.24) is 0 Å². The van der Waals surface area contributed by atoms with Gasteiger partial charge in [0, 0.05) is 0 Å². The van der Waals surface area contributed by atoms with Crippen LogP contribution in [0.1, 0.15) is 6.92 Å². The first-order valence-corrected chi connectivity index (χ1v) is 16.9. The summed E-state index contributed by atoms with van der Waals surface area (Å²) in [5.41, 5.74) is 0. The van der Waals surface area contributed by atoms with E-state index in [1.54, 1.807) is 0 Å². The first-order valence-electron chi connectivity index (χ1n) is 16.9. The lowest BCUT2D eigenvalue weighted by molar-refractivity contribution is -0.386. The number of rotatable bonds is 11. The molecule has 5 saturated heterocycles.